The third-order valence-corrected chi connectivity index (χ3v) is 3.79. The monoisotopic (exact) mass is 276 g/mol. The van der Waals surface area contributed by atoms with Crippen LogP contribution in [0.15, 0.2) is 30.3 Å². The Morgan fingerprint density at radius 1 is 1.25 bits per heavy atom. The normalized spacial score (nSPS) is 16.9. The zero-order valence-corrected chi connectivity index (χ0v) is 13.0. The Balaban J connectivity index is 1.90. The van der Waals surface area contributed by atoms with Crippen molar-refractivity contribution >= 4 is 0 Å². The van der Waals surface area contributed by atoms with Gasteiger partial charge in [0, 0.05) is 25.2 Å². The van der Waals surface area contributed by atoms with Crippen LogP contribution >= 0.6 is 0 Å². The van der Waals surface area contributed by atoms with Crippen LogP contribution in [0.3, 0.4) is 0 Å². The molecule has 1 N–H and O–H groups in total. The molecule has 1 aliphatic rings. The first-order valence-corrected chi connectivity index (χ1v) is 7.77. The van der Waals surface area contributed by atoms with Gasteiger partial charge in [0.2, 0.25) is 0 Å². The zero-order valence-electron chi connectivity index (χ0n) is 13.0. The van der Waals surface area contributed by atoms with Crippen molar-refractivity contribution in [1.29, 1.82) is 0 Å². The van der Waals surface area contributed by atoms with Crippen molar-refractivity contribution in [3.05, 3.63) is 35.9 Å². The van der Waals surface area contributed by atoms with Crippen LogP contribution < -0.4 is 5.32 Å². The van der Waals surface area contributed by atoms with Crippen molar-refractivity contribution in [3.63, 3.8) is 0 Å². The highest BCUT2D eigenvalue weighted by molar-refractivity contribution is 5.19. The molecule has 112 valence electrons. The predicted octanol–water partition coefficient (Wildman–Crippen LogP) is 2.84. The lowest BCUT2D eigenvalue weighted by Crippen LogP contribution is -2.36. The molecular weight excluding hydrogens is 248 g/mol. The van der Waals surface area contributed by atoms with Crippen LogP contribution in [0.2, 0.25) is 0 Å². The van der Waals surface area contributed by atoms with E-state index in [1.807, 2.05) is 0 Å². The minimum atomic E-state index is 0.308. The number of benzene rings is 1. The molecule has 0 heterocycles. The van der Waals surface area contributed by atoms with Crippen molar-refractivity contribution in [2.75, 3.05) is 26.7 Å². The maximum atomic E-state index is 5.67. The van der Waals surface area contributed by atoms with Gasteiger partial charge in [-0.05, 0) is 39.3 Å². The highest BCUT2D eigenvalue weighted by atomic mass is 16.5. The summed E-state index contributed by atoms with van der Waals surface area (Å²) in [6.45, 7) is 6.95. The molecule has 0 saturated heterocycles. The van der Waals surface area contributed by atoms with Crippen molar-refractivity contribution in [3.8, 4) is 0 Å². The smallest absolute Gasteiger partial charge is 0.0597 e. The summed E-state index contributed by atoms with van der Waals surface area (Å²) in [4.78, 5) is 2.40. The second kappa shape index (κ2) is 7.77. The van der Waals surface area contributed by atoms with Gasteiger partial charge in [-0.2, -0.15) is 0 Å². The number of ether oxygens (including phenoxy) is 1. The van der Waals surface area contributed by atoms with Gasteiger partial charge < -0.3 is 10.1 Å². The first-order valence-electron chi connectivity index (χ1n) is 7.77. The second-order valence-electron chi connectivity index (χ2n) is 6.01. The number of hydrogen-bond donors (Lipinski definition) is 1. The first-order chi connectivity index (χ1) is 9.66. The summed E-state index contributed by atoms with van der Waals surface area (Å²) in [6, 6.07) is 11.9. The van der Waals surface area contributed by atoms with Gasteiger partial charge >= 0.3 is 0 Å². The third kappa shape index (κ3) is 5.23. The fourth-order valence-electron chi connectivity index (χ4n) is 2.36. The highest BCUT2D eigenvalue weighted by Gasteiger charge is 2.24. The summed E-state index contributed by atoms with van der Waals surface area (Å²) in [6.07, 6.45) is 2.98. The molecule has 1 saturated carbocycles. The summed E-state index contributed by atoms with van der Waals surface area (Å²) in [5, 5.41) is 3.65. The van der Waals surface area contributed by atoms with Gasteiger partial charge in [-0.1, -0.05) is 30.3 Å². The van der Waals surface area contributed by atoms with E-state index in [9.17, 15) is 0 Å². The maximum Gasteiger partial charge on any atom is 0.0597 e. The van der Waals surface area contributed by atoms with Gasteiger partial charge in [-0.15, -0.1) is 0 Å². The van der Waals surface area contributed by atoms with Crippen LogP contribution in [0, 0.1) is 0 Å². The molecule has 0 aromatic heterocycles. The average molecular weight is 276 g/mol. The molecule has 1 unspecified atom stereocenters. The van der Waals surface area contributed by atoms with Gasteiger partial charge in [0.25, 0.3) is 0 Å². The topological polar surface area (TPSA) is 24.5 Å². The summed E-state index contributed by atoms with van der Waals surface area (Å²) in [7, 11) is 2.19. The SMILES string of the molecule is CC(C)OCCN(C)C(CNC1CC1)c1ccccc1. The van der Waals surface area contributed by atoms with E-state index in [0.29, 0.717) is 12.1 Å². The Labute approximate surface area is 123 Å². The van der Waals surface area contributed by atoms with Crippen LogP contribution in [0.5, 0.6) is 0 Å². The Morgan fingerprint density at radius 3 is 2.55 bits per heavy atom. The lowest BCUT2D eigenvalue weighted by atomic mass is 10.1. The number of nitrogens with one attached hydrogen (secondary N) is 1. The minimum absolute atomic E-state index is 0.308. The van der Waals surface area contributed by atoms with Gasteiger partial charge in [-0.25, -0.2) is 0 Å². The lowest BCUT2D eigenvalue weighted by Gasteiger charge is -2.29. The number of likely N-dealkylation sites (N-methyl/N-ethyl adjacent to an activating group) is 1. The summed E-state index contributed by atoms with van der Waals surface area (Å²) in [5.41, 5.74) is 1.38. The molecule has 20 heavy (non-hydrogen) atoms. The predicted molar refractivity (Wildman–Crippen MR) is 83.9 cm³/mol. The average Bonchev–Trinajstić information content (AvgIpc) is 3.24. The second-order valence-corrected chi connectivity index (χ2v) is 6.01. The number of nitrogens with zero attached hydrogens (tertiary/aromatic N) is 1. The molecule has 1 aliphatic carbocycles. The Morgan fingerprint density at radius 2 is 1.95 bits per heavy atom. The largest absolute Gasteiger partial charge is 0.377 e. The van der Waals surface area contributed by atoms with E-state index in [1.54, 1.807) is 0 Å². The standard InChI is InChI=1S/C17H28N2O/c1-14(2)20-12-11-19(3)17(13-18-16-9-10-16)15-7-5-4-6-8-15/h4-8,14,16-18H,9-13H2,1-3H3. The lowest BCUT2D eigenvalue weighted by molar-refractivity contribution is 0.0556. The Hall–Kier alpha value is -0.900. The number of hydrogen-bond acceptors (Lipinski definition) is 3. The fourth-order valence-corrected chi connectivity index (χ4v) is 2.36. The van der Waals surface area contributed by atoms with Crippen LogP contribution in [0.4, 0.5) is 0 Å². The molecule has 2 rings (SSSR count). The van der Waals surface area contributed by atoms with Gasteiger partial charge in [0.05, 0.1) is 12.7 Å². The number of rotatable bonds is 9. The molecule has 0 spiro atoms. The van der Waals surface area contributed by atoms with E-state index in [2.05, 4.69) is 61.4 Å². The van der Waals surface area contributed by atoms with Crippen molar-refractivity contribution in [1.82, 2.24) is 10.2 Å². The van der Waals surface area contributed by atoms with E-state index in [-0.39, 0.29) is 0 Å². The fraction of sp³-hybridized carbons (Fsp3) is 0.647. The van der Waals surface area contributed by atoms with Crippen LogP contribution in [0.1, 0.15) is 38.3 Å². The summed E-state index contributed by atoms with van der Waals surface area (Å²) < 4.78 is 5.67. The van der Waals surface area contributed by atoms with Crippen LogP contribution in [0.25, 0.3) is 0 Å². The van der Waals surface area contributed by atoms with Crippen LogP contribution in [-0.2, 0) is 4.74 Å². The van der Waals surface area contributed by atoms with Gasteiger partial charge in [-0.3, -0.25) is 4.90 Å². The zero-order chi connectivity index (χ0) is 14.4. The van der Waals surface area contributed by atoms with Crippen molar-refractivity contribution in [2.45, 2.75) is 44.9 Å². The summed E-state index contributed by atoms with van der Waals surface area (Å²) >= 11 is 0. The Kier molecular flexibility index (Phi) is 6.02. The molecule has 0 bridgehead atoms. The minimum Gasteiger partial charge on any atom is -0.377 e. The van der Waals surface area contributed by atoms with Gasteiger partial charge in [0.1, 0.15) is 0 Å². The van der Waals surface area contributed by atoms with E-state index in [1.165, 1.54) is 18.4 Å². The van der Waals surface area contributed by atoms with Crippen LogP contribution in [-0.4, -0.2) is 43.8 Å². The first kappa shape index (κ1) is 15.5. The Bertz CT molecular complexity index is 376. The van der Waals surface area contributed by atoms with E-state index < -0.39 is 0 Å². The van der Waals surface area contributed by atoms with Crippen molar-refractivity contribution < 1.29 is 4.74 Å². The maximum absolute atomic E-state index is 5.67. The molecule has 1 fully saturated rings. The summed E-state index contributed by atoms with van der Waals surface area (Å²) in [5.74, 6) is 0. The quantitative estimate of drug-likeness (QED) is 0.750. The molecule has 1 aromatic carbocycles. The molecule has 1 aromatic rings. The molecule has 0 radical (unpaired) electrons. The van der Waals surface area contributed by atoms with Crippen molar-refractivity contribution in [2.24, 2.45) is 0 Å². The van der Waals surface area contributed by atoms with E-state index >= 15 is 0 Å². The third-order valence-electron chi connectivity index (χ3n) is 3.79. The van der Waals surface area contributed by atoms with E-state index in [0.717, 1.165) is 25.7 Å². The molecule has 3 nitrogen and oxygen atoms in total. The molecular formula is C17H28N2O. The highest BCUT2D eigenvalue weighted by Crippen LogP contribution is 2.23. The molecule has 3 heteroatoms. The molecule has 0 aliphatic heterocycles. The van der Waals surface area contributed by atoms with E-state index in [4.69, 9.17) is 4.74 Å². The molecule has 0 amide bonds. The van der Waals surface area contributed by atoms with Gasteiger partial charge in [0.15, 0.2) is 0 Å². The molecule has 1 atom stereocenters.